The Morgan fingerprint density at radius 3 is 2.45 bits per heavy atom. The highest BCUT2D eigenvalue weighted by molar-refractivity contribution is 5.74. The molecule has 1 atom stereocenters. The van der Waals surface area contributed by atoms with E-state index < -0.39 is 0 Å². The van der Waals surface area contributed by atoms with Crippen LogP contribution in [0.4, 0.5) is 0 Å². The minimum absolute atomic E-state index is 0.108. The van der Waals surface area contributed by atoms with Crippen LogP contribution in [0.5, 0.6) is 0 Å². The molecule has 20 heavy (non-hydrogen) atoms. The molecule has 3 nitrogen and oxygen atoms in total. The largest absolute Gasteiger partial charge is 0.346 e. The maximum Gasteiger partial charge on any atom is 0.146 e. The summed E-state index contributed by atoms with van der Waals surface area (Å²) in [4.78, 5) is 2.52. The number of allylic oxidation sites excluding steroid dienone is 2. The fourth-order valence-corrected chi connectivity index (χ4v) is 4.08. The van der Waals surface area contributed by atoms with Crippen LogP contribution in [0.1, 0.15) is 54.9 Å². The minimum atomic E-state index is 0.108. The summed E-state index contributed by atoms with van der Waals surface area (Å²) in [6, 6.07) is 0. The van der Waals surface area contributed by atoms with Crippen LogP contribution < -0.4 is 0 Å². The van der Waals surface area contributed by atoms with Crippen LogP contribution in [0.3, 0.4) is 0 Å². The zero-order chi connectivity index (χ0) is 14.9. The third-order valence-electron chi connectivity index (χ3n) is 4.85. The van der Waals surface area contributed by atoms with E-state index in [1.807, 2.05) is 6.21 Å². The first-order valence-corrected chi connectivity index (χ1v) is 7.59. The monoisotopic (exact) mass is 273 g/mol. The Bertz CT molecular complexity index is 529. The van der Waals surface area contributed by atoms with Crippen LogP contribution in [0.2, 0.25) is 0 Å². The highest BCUT2D eigenvalue weighted by Crippen LogP contribution is 2.53. The van der Waals surface area contributed by atoms with Gasteiger partial charge in [-0.3, -0.25) is 0 Å². The molecular weight excluding hydrogens is 246 g/mol. The van der Waals surface area contributed by atoms with Crippen molar-refractivity contribution >= 4 is 6.21 Å². The molecular formula is C17H27N3. The van der Waals surface area contributed by atoms with E-state index in [2.05, 4.69) is 75.8 Å². The summed E-state index contributed by atoms with van der Waals surface area (Å²) in [5.74, 6) is 0. The zero-order valence-electron chi connectivity index (χ0n) is 13.9. The van der Waals surface area contributed by atoms with Gasteiger partial charge in [0, 0.05) is 23.4 Å². The van der Waals surface area contributed by atoms with Crippen molar-refractivity contribution < 1.29 is 0 Å². The van der Waals surface area contributed by atoms with E-state index in [1.165, 1.54) is 11.3 Å². The van der Waals surface area contributed by atoms with Gasteiger partial charge in [-0.15, -0.1) is 0 Å². The van der Waals surface area contributed by atoms with Gasteiger partial charge in [-0.05, 0) is 37.3 Å². The van der Waals surface area contributed by atoms with Crippen LogP contribution in [0.25, 0.3) is 0 Å². The maximum atomic E-state index is 4.67. The molecule has 0 aromatic heterocycles. The molecule has 1 fully saturated rings. The highest BCUT2D eigenvalue weighted by Gasteiger charge is 2.53. The molecule has 0 radical (unpaired) electrons. The normalized spacial score (nSPS) is 30.1. The van der Waals surface area contributed by atoms with Crippen LogP contribution in [-0.4, -0.2) is 27.8 Å². The lowest BCUT2D eigenvalue weighted by Gasteiger charge is -2.54. The van der Waals surface area contributed by atoms with Crippen LogP contribution in [-0.2, 0) is 0 Å². The van der Waals surface area contributed by atoms with Crippen molar-refractivity contribution in [3.05, 3.63) is 23.5 Å². The number of piperidine rings is 1. The first-order chi connectivity index (χ1) is 9.04. The molecule has 1 saturated heterocycles. The topological polar surface area (TPSA) is 18.8 Å². The van der Waals surface area contributed by atoms with Gasteiger partial charge >= 0.3 is 0 Å². The molecule has 0 aromatic rings. The van der Waals surface area contributed by atoms with Gasteiger partial charge in [0.05, 0.1) is 5.70 Å². The summed E-state index contributed by atoms with van der Waals surface area (Å²) < 4.78 is 0. The van der Waals surface area contributed by atoms with E-state index in [9.17, 15) is 0 Å². The van der Waals surface area contributed by atoms with Gasteiger partial charge in [0.2, 0.25) is 0 Å². The molecule has 0 N–H and O–H groups in total. The van der Waals surface area contributed by atoms with E-state index in [-0.39, 0.29) is 22.5 Å². The molecule has 110 valence electrons. The van der Waals surface area contributed by atoms with Crippen LogP contribution in [0, 0.1) is 10.8 Å². The second-order valence-corrected chi connectivity index (χ2v) is 8.65. The zero-order valence-corrected chi connectivity index (χ0v) is 13.9. The molecule has 3 heterocycles. The molecule has 3 aliphatic rings. The van der Waals surface area contributed by atoms with Crippen molar-refractivity contribution in [1.29, 1.82) is 0 Å². The molecule has 0 aliphatic carbocycles. The molecule has 0 saturated carbocycles. The van der Waals surface area contributed by atoms with Gasteiger partial charge in [-0.1, -0.05) is 34.6 Å². The Morgan fingerprint density at radius 2 is 1.85 bits per heavy atom. The van der Waals surface area contributed by atoms with Crippen LogP contribution >= 0.6 is 0 Å². The highest BCUT2D eigenvalue weighted by atomic mass is 15.6. The smallest absolute Gasteiger partial charge is 0.146 e. The number of hydrogen-bond acceptors (Lipinski definition) is 3. The SMILES string of the molecule is CC(C)(C)C1=CN2C3C(=CC=NN13)C(C)(C)CC2(C)C. The first kappa shape index (κ1) is 13.7. The molecule has 0 bridgehead atoms. The van der Waals surface area contributed by atoms with Gasteiger partial charge in [-0.2, -0.15) is 5.10 Å². The van der Waals surface area contributed by atoms with E-state index in [0.717, 1.165) is 6.42 Å². The summed E-state index contributed by atoms with van der Waals surface area (Å²) in [6.45, 7) is 16.2. The lowest BCUT2D eigenvalue weighted by molar-refractivity contribution is 0.00736. The molecule has 3 heteroatoms. The summed E-state index contributed by atoms with van der Waals surface area (Å²) in [5, 5.41) is 6.91. The van der Waals surface area contributed by atoms with Gasteiger partial charge in [-0.25, -0.2) is 5.01 Å². The third kappa shape index (κ3) is 1.75. The van der Waals surface area contributed by atoms with Crippen LogP contribution in [0.15, 0.2) is 28.6 Å². The predicted molar refractivity (Wildman–Crippen MR) is 84.1 cm³/mol. The average Bonchev–Trinajstić information content (AvgIpc) is 2.65. The first-order valence-electron chi connectivity index (χ1n) is 7.59. The van der Waals surface area contributed by atoms with Crippen molar-refractivity contribution in [3.63, 3.8) is 0 Å². The van der Waals surface area contributed by atoms with Crippen molar-refractivity contribution in [1.82, 2.24) is 9.91 Å². The number of hydrogen-bond donors (Lipinski definition) is 0. The van der Waals surface area contributed by atoms with Gasteiger partial charge in [0.1, 0.15) is 6.17 Å². The Balaban J connectivity index is 2.14. The fraction of sp³-hybridized carbons (Fsp3) is 0.706. The summed E-state index contributed by atoms with van der Waals surface area (Å²) in [5.41, 5.74) is 3.29. The molecule has 0 spiro atoms. The van der Waals surface area contributed by atoms with Crippen molar-refractivity contribution in [2.24, 2.45) is 15.9 Å². The van der Waals surface area contributed by atoms with Gasteiger partial charge < -0.3 is 4.90 Å². The molecule has 3 rings (SSSR count). The summed E-state index contributed by atoms with van der Waals surface area (Å²) in [6.07, 6.45) is 7.97. The Morgan fingerprint density at radius 1 is 1.20 bits per heavy atom. The Labute approximate surface area is 123 Å². The molecule has 1 unspecified atom stereocenters. The maximum absolute atomic E-state index is 4.67. The Kier molecular flexibility index (Phi) is 2.53. The van der Waals surface area contributed by atoms with E-state index >= 15 is 0 Å². The second-order valence-electron chi connectivity index (χ2n) is 8.65. The number of rotatable bonds is 0. The predicted octanol–water partition coefficient (Wildman–Crippen LogP) is 3.95. The van der Waals surface area contributed by atoms with Crippen molar-refractivity contribution in [2.75, 3.05) is 0 Å². The fourth-order valence-electron chi connectivity index (χ4n) is 4.08. The quantitative estimate of drug-likeness (QED) is 0.665. The summed E-state index contributed by atoms with van der Waals surface area (Å²) in [7, 11) is 0. The minimum Gasteiger partial charge on any atom is -0.346 e. The van der Waals surface area contributed by atoms with Crippen molar-refractivity contribution in [2.45, 2.75) is 66.6 Å². The average molecular weight is 273 g/mol. The Hall–Kier alpha value is -1.25. The molecule has 0 aromatic carbocycles. The van der Waals surface area contributed by atoms with E-state index in [1.54, 1.807) is 0 Å². The number of nitrogens with zero attached hydrogens (tertiary/aromatic N) is 3. The van der Waals surface area contributed by atoms with E-state index in [0.29, 0.717) is 0 Å². The third-order valence-corrected chi connectivity index (χ3v) is 4.85. The number of hydrazone groups is 1. The van der Waals surface area contributed by atoms with E-state index in [4.69, 9.17) is 0 Å². The standard InChI is InChI=1S/C17H27N3/c1-15(2,3)13-10-19-14-12(8-9-18-20(13)14)16(4,5)11-17(19,6)7/h8-10,14H,11H2,1-7H3. The lowest BCUT2D eigenvalue weighted by atomic mass is 9.68. The molecule has 0 amide bonds. The van der Waals surface area contributed by atoms with Gasteiger partial charge in [0.15, 0.2) is 0 Å². The summed E-state index contributed by atoms with van der Waals surface area (Å²) >= 11 is 0. The second kappa shape index (κ2) is 3.69. The van der Waals surface area contributed by atoms with Crippen molar-refractivity contribution in [3.8, 4) is 0 Å². The van der Waals surface area contributed by atoms with Gasteiger partial charge in [0.25, 0.3) is 0 Å². The lowest BCUT2D eigenvalue weighted by Crippen LogP contribution is -2.58. The molecule has 3 aliphatic heterocycles.